The molecular formula is C17H19N2O3+. The van der Waals surface area contributed by atoms with Crippen LogP contribution in [-0.2, 0) is 13.6 Å². The second-order valence-corrected chi connectivity index (χ2v) is 5.43. The van der Waals surface area contributed by atoms with Crippen LogP contribution in [0.4, 0.5) is 0 Å². The summed E-state index contributed by atoms with van der Waals surface area (Å²) < 4.78 is 15.1. The molecule has 0 amide bonds. The number of hydrogen-bond donors (Lipinski definition) is 0. The SMILES string of the molecule is Cc1cc(=O)oc2cc(OCCCn3cc[n+](C)c3)ccc12. The Balaban J connectivity index is 1.63. The molecule has 0 bridgehead atoms. The van der Waals surface area contributed by atoms with Gasteiger partial charge in [0.05, 0.1) is 20.2 Å². The fourth-order valence-electron chi connectivity index (χ4n) is 2.47. The van der Waals surface area contributed by atoms with Gasteiger partial charge >= 0.3 is 5.63 Å². The Morgan fingerprint density at radius 2 is 2.18 bits per heavy atom. The van der Waals surface area contributed by atoms with E-state index < -0.39 is 0 Å². The van der Waals surface area contributed by atoms with E-state index >= 15 is 0 Å². The summed E-state index contributed by atoms with van der Waals surface area (Å²) in [5.74, 6) is 0.722. The predicted molar refractivity (Wildman–Crippen MR) is 82.9 cm³/mol. The van der Waals surface area contributed by atoms with Crippen LogP contribution in [0.2, 0.25) is 0 Å². The molecule has 2 aromatic heterocycles. The van der Waals surface area contributed by atoms with Crippen molar-refractivity contribution in [2.45, 2.75) is 19.9 Å². The Morgan fingerprint density at radius 1 is 1.32 bits per heavy atom. The maximum Gasteiger partial charge on any atom is 0.336 e. The largest absolute Gasteiger partial charge is 0.493 e. The fraction of sp³-hybridized carbons (Fsp3) is 0.294. The first kappa shape index (κ1) is 14.4. The summed E-state index contributed by atoms with van der Waals surface area (Å²) in [5.41, 5.74) is 1.15. The van der Waals surface area contributed by atoms with Gasteiger partial charge in [0, 0.05) is 23.9 Å². The summed E-state index contributed by atoms with van der Waals surface area (Å²) >= 11 is 0. The van der Waals surface area contributed by atoms with E-state index in [1.165, 1.54) is 6.07 Å². The van der Waals surface area contributed by atoms with Crippen molar-refractivity contribution >= 4 is 11.0 Å². The van der Waals surface area contributed by atoms with Crippen LogP contribution in [-0.4, -0.2) is 11.2 Å². The van der Waals surface area contributed by atoms with Gasteiger partial charge < -0.3 is 9.15 Å². The van der Waals surface area contributed by atoms with Gasteiger partial charge in [0.1, 0.15) is 23.7 Å². The van der Waals surface area contributed by atoms with Gasteiger partial charge in [-0.05, 0) is 24.6 Å². The van der Waals surface area contributed by atoms with Gasteiger partial charge in [-0.2, -0.15) is 0 Å². The fourth-order valence-corrected chi connectivity index (χ4v) is 2.47. The summed E-state index contributed by atoms with van der Waals surface area (Å²) in [4.78, 5) is 11.4. The number of benzene rings is 1. The molecule has 1 aromatic carbocycles. The van der Waals surface area contributed by atoms with Gasteiger partial charge in [-0.15, -0.1) is 0 Å². The lowest BCUT2D eigenvalue weighted by molar-refractivity contribution is -0.671. The van der Waals surface area contributed by atoms with E-state index in [1.807, 2.05) is 49.4 Å². The molecule has 0 radical (unpaired) electrons. The van der Waals surface area contributed by atoms with Crippen molar-refractivity contribution < 1.29 is 13.7 Å². The van der Waals surface area contributed by atoms with Crippen molar-refractivity contribution in [3.8, 4) is 5.75 Å². The van der Waals surface area contributed by atoms with E-state index in [0.717, 1.165) is 29.7 Å². The molecule has 0 saturated carbocycles. The average Bonchev–Trinajstić information content (AvgIpc) is 2.88. The second kappa shape index (κ2) is 6.05. The highest BCUT2D eigenvalue weighted by Gasteiger charge is 2.05. The molecule has 0 aliphatic heterocycles. The van der Waals surface area contributed by atoms with E-state index in [4.69, 9.17) is 9.15 Å². The topological polar surface area (TPSA) is 48.2 Å². The molecule has 114 valence electrons. The number of hydrogen-bond acceptors (Lipinski definition) is 3. The standard InChI is InChI=1S/C17H19N2O3/c1-13-10-17(20)22-16-11-14(4-5-15(13)16)21-9-3-6-19-8-7-18(2)12-19/h4-5,7-8,10-12H,3,6,9H2,1-2H3/q+1. The van der Waals surface area contributed by atoms with Gasteiger partial charge in [0.2, 0.25) is 6.33 Å². The molecule has 2 heterocycles. The molecule has 3 aromatic rings. The average molecular weight is 299 g/mol. The first-order chi connectivity index (χ1) is 10.6. The van der Waals surface area contributed by atoms with Crippen LogP contribution in [0.3, 0.4) is 0 Å². The molecule has 0 N–H and O–H groups in total. The number of aryl methyl sites for hydroxylation is 3. The third kappa shape index (κ3) is 3.19. The van der Waals surface area contributed by atoms with E-state index in [9.17, 15) is 4.79 Å². The van der Waals surface area contributed by atoms with Crippen LogP contribution in [0, 0.1) is 6.92 Å². The summed E-state index contributed by atoms with van der Waals surface area (Å²) in [5, 5.41) is 0.937. The minimum Gasteiger partial charge on any atom is -0.493 e. The maximum atomic E-state index is 11.4. The highest BCUT2D eigenvalue weighted by atomic mass is 16.5. The number of rotatable bonds is 5. The van der Waals surface area contributed by atoms with Gasteiger partial charge in [0.25, 0.3) is 0 Å². The molecular weight excluding hydrogens is 280 g/mol. The number of aromatic nitrogens is 2. The number of fused-ring (bicyclic) bond motifs is 1. The molecule has 5 heteroatoms. The molecule has 5 nitrogen and oxygen atoms in total. The summed E-state index contributed by atoms with van der Waals surface area (Å²) in [6, 6.07) is 7.11. The molecule has 0 spiro atoms. The van der Waals surface area contributed by atoms with Crippen molar-refractivity contribution in [2.24, 2.45) is 7.05 Å². The summed E-state index contributed by atoms with van der Waals surface area (Å²) in [6.07, 6.45) is 6.99. The van der Waals surface area contributed by atoms with Crippen molar-refractivity contribution in [2.75, 3.05) is 6.61 Å². The molecule has 0 unspecified atom stereocenters. The van der Waals surface area contributed by atoms with Crippen LogP contribution >= 0.6 is 0 Å². The Kier molecular flexibility index (Phi) is 3.96. The van der Waals surface area contributed by atoms with Gasteiger partial charge in [0.15, 0.2) is 0 Å². The normalized spacial score (nSPS) is 11.0. The lowest BCUT2D eigenvalue weighted by Crippen LogP contribution is -2.23. The van der Waals surface area contributed by atoms with Crippen LogP contribution in [0.25, 0.3) is 11.0 Å². The van der Waals surface area contributed by atoms with Crippen LogP contribution in [0.1, 0.15) is 12.0 Å². The number of imidazole rings is 1. The second-order valence-electron chi connectivity index (χ2n) is 5.43. The lowest BCUT2D eigenvalue weighted by atomic mass is 10.1. The van der Waals surface area contributed by atoms with Crippen LogP contribution in [0.15, 0.2) is 52.2 Å². The lowest BCUT2D eigenvalue weighted by Gasteiger charge is -2.07. The predicted octanol–water partition coefficient (Wildman–Crippen LogP) is 2.20. The van der Waals surface area contributed by atoms with E-state index in [1.54, 1.807) is 6.07 Å². The molecule has 0 fully saturated rings. The Labute approximate surface area is 128 Å². The zero-order valence-electron chi connectivity index (χ0n) is 12.8. The van der Waals surface area contributed by atoms with Crippen molar-refractivity contribution in [3.05, 3.63) is 59.0 Å². The smallest absolute Gasteiger partial charge is 0.336 e. The summed E-state index contributed by atoms with van der Waals surface area (Å²) in [7, 11) is 2.00. The maximum absolute atomic E-state index is 11.4. The monoisotopic (exact) mass is 299 g/mol. The molecule has 0 aliphatic carbocycles. The molecule has 0 aliphatic rings. The van der Waals surface area contributed by atoms with Crippen LogP contribution < -0.4 is 14.9 Å². The Hall–Kier alpha value is -2.56. The zero-order chi connectivity index (χ0) is 15.5. The van der Waals surface area contributed by atoms with Gasteiger partial charge in [-0.1, -0.05) is 0 Å². The zero-order valence-corrected chi connectivity index (χ0v) is 12.8. The highest BCUT2D eigenvalue weighted by Crippen LogP contribution is 2.22. The number of ether oxygens (including phenoxy) is 1. The van der Waals surface area contributed by atoms with Crippen molar-refractivity contribution in [1.29, 1.82) is 0 Å². The Bertz CT molecular complexity index is 848. The third-order valence-corrected chi connectivity index (χ3v) is 3.58. The van der Waals surface area contributed by atoms with E-state index in [-0.39, 0.29) is 5.63 Å². The molecule has 22 heavy (non-hydrogen) atoms. The quantitative estimate of drug-likeness (QED) is 0.412. The minimum atomic E-state index is -0.331. The molecule has 0 atom stereocenters. The number of nitrogens with zero attached hydrogens (tertiary/aromatic N) is 2. The first-order valence-electron chi connectivity index (χ1n) is 7.30. The molecule has 0 saturated heterocycles. The Morgan fingerprint density at radius 3 is 2.95 bits per heavy atom. The van der Waals surface area contributed by atoms with Gasteiger partial charge in [-0.25, -0.2) is 13.9 Å². The minimum absolute atomic E-state index is 0.331. The summed E-state index contributed by atoms with van der Waals surface area (Å²) in [6.45, 7) is 3.42. The highest BCUT2D eigenvalue weighted by molar-refractivity contribution is 5.81. The van der Waals surface area contributed by atoms with Crippen molar-refractivity contribution in [3.63, 3.8) is 0 Å². The first-order valence-corrected chi connectivity index (χ1v) is 7.30. The van der Waals surface area contributed by atoms with Crippen molar-refractivity contribution in [1.82, 2.24) is 4.57 Å². The third-order valence-electron chi connectivity index (χ3n) is 3.58. The van der Waals surface area contributed by atoms with E-state index in [2.05, 4.69) is 4.57 Å². The molecule has 3 rings (SSSR count). The van der Waals surface area contributed by atoms with Gasteiger partial charge in [-0.3, -0.25) is 0 Å². The van der Waals surface area contributed by atoms with Crippen LogP contribution in [0.5, 0.6) is 5.75 Å². The van der Waals surface area contributed by atoms with E-state index in [0.29, 0.717) is 12.2 Å².